The van der Waals surface area contributed by atoms with Crippen molar-refractivity contribution in [2.75, 3.05) is 0 Å². The predicted octanol–water partition coefficient (Wildman–Crippen LogP) is 4.71. The van der Waals surface area contributed by atoms with Crippen LogP contribution >= 0.6 is 0 Å². The van der Waals surface area contributed by atoms with Crippen LogP contribution in [0.1, 0.15) is 30.9 Å². The zero-order valence-electron chi connectivity index (χ0n) is 11.1. The summed E-state index contributed by atoms with van der Waals surface area (Å²) in [7, 11) is 0. The van der Waals surface area contributed by atoms with E-state index in [-0.39, 0.29) is 0 Å². The molecule has 0 saturated heterocycles. The summed E-state index contributed by atoms with van der Waals surface area (Å²) in [5, 5.41) is 9.87. The van der Waals surface area contributed by atoms with E-state index < -0.39 is 0 Å². The molecule has 0 atom stereocenters. The molecule has 0 unspecified atom stereocenters. The second kappa shape index (κ2) is 5.72. The van der Waals surface area contributed by atoms with E-state index in [0.717, 1.165) is 18.4 Å². The number of benzene rings is 2. The summed E-state index contributed by atoms with van der Waals surface area (Å²) in [4.78, 5) is 0. The van der Waals surface area contributed by atoms with Crippen LogP contribution in [-0.4, -0.2) is 5.11 Å². The Bertz CT molecular complexity index is 515. The van der Waals surface area contributed by atoms with Gasteiger partial charge in [-0.05, 0) is 48.1 Å². The van der Waals surface area contributed by atoms with Gasteiger partial charge in [0.05, 0.1) is 0 Å². The highest BCUT2D eigenvalue weighted by molar-refractivity contribution is 5.70. The van der Waals surface area contributed by atoms with E-state index in [1.807, 2.05) is 19.1 Å². The summed E-state index contributed by atoms with van der Waals surface area (Å²) < 4.78 is 0. The van der Waals surface area contributed by atoms with E-state index in [1.54, 1.807) is 6.07 Å². The summed E-state index contributed by atoms with van der Waals surface area (Å²) in [6.45, 7) is 4.20. The number of aromatic hydroxyl groups is 1. The van der Waals surface area contributed by atoms with Crippen molar-refractivity contribution in [3.05, 3.63) is 53.6 Å². The van der Waals surface area contributed by atoms with Gasteiger partial charge in [0.25, 0.3) is 0 Å². The Balaban J connectivity index is 2.50. The molecule has 0 heterocycles. The van der Waals surface area contributed by atoms with Gasteiger partial charge < -0.3 is 5.11 Å². The van der Waals surface area contributed by atoms with Crippen LogP contribution in [0, 0.1) is 6.92 Å². The highest BCUT2D eigenvalue weighted by Crippen LogP contribution is 2.32. The fourth-order valence-corrected chi connectivity index (χ4v) is 2.31. The Morgan fingerprint density at radius 2 is 1.72 bits per heavy atom. The third-order valence-corrected chi connectivity index (χ3v) is 3.43. The van der Waals surface area contributed by atoms with Crippen LogP contribution in [0.25, 0.3) is 11.1 Å². The van der Waals surface area contributed by atoms with E-state index in [1.165, 1.54) is 23.1 Å². The molecule has 1 nitrogen and oxygen atoms in total. The van der Waals surface area contributed by atoms with Gasteiger partial charge in [0.2, 0.25) is 0 Å². The molecule has 0 fully saturated rings. The molecule has 1 N–H and O–H groups in total. The number of phenolic OH excluding ortho intramolecular Hbond substituents is 1. The van der Waals surface area contributed by atoms with E-state index in [4.69, 9.17) is 0 Å². The van der Waals surface area contributed by atoms with Gasteiger partial charge >= 0.3 is 0 Å². The van der Waals surface area contributed by atoms with E-state index in [9.17, 15) is 5.11 Å². The third-order valence-electron chi connectivity index (χ3n) is 3.43. The first kappa shape index (κ1) is 12.7. The maximum absolute atomic E-state index is 9.87. The van der Waals surface area contributed by atoms with E-state index in [2.05, 4.69) is 31.2 Å². The molecule has 2 rings (SSSR count). The Labute approximate surface area is 109 Å². The topological polar surface area (TPSA) is 20.2 Å². The quantitative estimate of drug-likeness (QED) is 0.820. The van der Waals surface area contributed by atoms with Crippen molar-refractivity contribution in [1.82, 2.24) is 0 Å². The average Bonchev–Trinajstić information content (AvgIpc) is 2.41. The highest BCUT2D eigenvalue weighted by Gasteiger charge is 2.10. The van der Waals surface area contributed by atoms with Gasteiger partial charge in [0, 0.05) is 0 Å². The third kappa shape index (κ3) is 2.56. The molecule has 0 aromatic heterocycles. The molecule has 0 aliphatic carbocycles. The zero-order valence-corrected chi connectivity index (χ0v) is 11.1. The van der Waals surface area contributed by atoms with Crippen molar-refractivity contribution in [2.45, 2.75) is 33.1 Å². The van der Waals surface area contributed by atoms with Gasteiger partial charge in [-0.1, -0.05) is 49.7 Å². The first-order valence-corrected chi connectivity index (χ1v) is 6.61. The minimum atomic E-state index is 0.404. The number of rotatable bonds is 4. The van der Waals surface area contributed by atoms with Gasteiger partial charge in [-0.2, -0.15) is 0 Å². The summed E-state index contributed by atoms with van der Waals surface area (Å²) >= 11 is 0. The molecule has 18 heavy (non-hydrogen) atoms. The number of phenols is 1. The first-order valence-electron chi connectivity index (χ1n) is 6.61. The van der Waals surface area contributed by atoms with Crippen LogP contribution < -0.4 is 0 Å². The summed E-state index contributed by atoms with van der Waals surface area (Å²) in [6, 6.07) is 14.2. The van der Waals surface area contributed by atoms with Crippen LogP contribution in [0.3, 0.4) is 0 Å². The Morgan fingerprint density at radius 3 is 2.39 bits per heavy atom. The number of hydrogen-bond acceptors (Lipinski definition) is 1. The standard InChI is InChI=1S/C17H20O/c1-3-4-10-15-13(2)17(18)12-11-16(15)14-8-6-5-7-9-14/h5-9,11-12,18H,3-4,10H2,1-2H3. The lowest BCUT2D eigenvalue weighted by atomic mass is 9.92. The molecule has 94 valence electrons. The molecule has 0 amide bonds. The minimum absolute atomic E-state index is 0.404. The van der Waals surface area contributed by atoms with Crippen LogP contribution in [0.5, 0.6) is 5.75 Å². The van der Waals surface area contributed by atoms with Gasteiger partial charge in [0.1, 0.15) is 5.75 Å². The summed E-state index contributed by atoms with van der Waals surface area (Å²) in [5.41, 5.74) is 4.78. The van der Waals surface area contributed by atoms with Crippen molar-refractivity contribution in [2.24, 2.45) is 0 Å². The van der Waals surface area contributed by atoms with Crippen LogP contribution in [0.2, 0.25) is 0 Å². The van der Waals surface area contributed by atoms with Crippen molar-refractivity contribution < 1.29 is 5.11 Å². The van der Waals surface area contributed by atoms with Crippen LogP contribution in [0.15, 0.2) is 42.5 Å². The molecule has 0 saturated carbocycles. The molecule has 2 aromatic rings. The highest BCUT2D eigenvalue weighted by atomic mass is 16.3. The monoisotopic (exact) mass is 240 g/mol. The van der Waals surface area contributed by atoms with Crippen molar-refractivity contribution in [1.29, 1.82) is 0 Å². The fourth-order valence-electron chi connectivity index (χ4n) is 2.31. The second-order valence-corrected chi connectivity index (χ2v) is 4.71. The molecular weight excluding hydrogens is 220 g/mol. The zero-order chi connectivity index (χ0) is 13.0. The molecular formula is C17H20O. The van der Waals surface area contributed by atoms with E-state index >= 15 is 0 Å². The lowest BCUT2D eigenvalue weighted by molar-refractivity contribution is 0.470. The molecule has 0 aliphatic rings. The Kier molecular flexibility index (Phi) is 4.03. The van der Waals surface area contributed by atoms with E-state index in [0.29, 0.717) is 5.75 Å². The smallest absolute Gasteiger partial charge is 0.118 e. The SMILES string of the molecule is CCCCc1c(-c2ccccc2)ccc(O)c1C. The minimum Gasteiger partial charge on any atom is -0.508 e. The number of hydrogen-bond donors (Lipinski definition) is 1. The maximum atomic E-state index is 9.87. The van der Waals surface area contributed by atoms with Gasteiger partial charge in [0.15, 0.2) is 0 Å². The van der Waals surface area contributed by atoms with Gasteiger partial charge in [-0.3, -0.25) is 0 Å². The maximum Gasteiger partial charge on any atom is 0.118 e. The van der Waals surface area contributed by atoms with Crippen molar-refractivity contribution in [3.8, 4) is 16.9 Å². The number of unbranched alkanes of at least 4 members (excludes halogenated alkanes) is 1. The van der Waals surface area contributed by atoms with Crippen LogP contribution in [-0.2, 0) is 6.42 Å². The van der Waals surface area contributed by atoms with Gasteiger partial charge in [-0.25, -0.2) is 0 Å². The predicted molar refractivity (Wildman–Crippen MR) is 76.9 cm³/mol. The van der Waals surface area contributed by atoms with Crippen molar-refractivity contribution in [3.63, 3.8) is 0 Å². The summed E-state index contributed by atoms with van der Waals surface area (Å²) in [6.07, 6.45) is 3.36. The molecule has 1 heteroatoms. The fraction of sp³-hybridized carbons (Fsp3) is 0.294. The lowest BCUT2D eigenvalue weighted by Crippen LogP contribution is -1.95. The molecule has 2 aromatic carbocycles. The average molecular weight is 240 g/mol. The lowest BCUT2D eigenvalue weighted by Gasteiger charge is -2.14. The largest absolute Gasteiger partial charge is 0.508 e. The van der Waals surface area contributed by atoms with Crippen LogP contribution in [0.4, 0.5) is 0 Å². The molecule has 0 aliphatic heterocycles. The molecule has 0 radical (unpaired) electrons. The second-order valence-electron chi connectivity index (χ2n) is 4.71. The normalized spacial score (nSPS) is 10.6. The van der Waals surface area contributed by atoms with Gasteiger partial charge in [-0.15, -0.1) is 0 Å². The molecule has 0 spiro atoms. The Morgan fingerprint density at radius 1 is 1.00 bits per heavy atom. The summed E-state index contributed by atoms with van der Waals surface area (Å²) in [5.74, 6) is 0.404. The Hall–Kier alpha value is -1.76. The van der Waals surface area contributed by atoms with Crippen molar-refractivity contribution >= 4 is 0 Å². The molecule has 0 bridgehead atoms. The first-order chi connectivity index (χ1) is 8.74.